The van der Waals surface area contributed by atoms with E-state index >= 15 is 0 Å². The Labute approximate surface area is 146 Å². The SMILES string of the molecule is Cc1cccc(N2C[C@@H](C(=O)N(C)Cc3ccsc3)CC2=O)c1C. The average molecular weight is 342 g/mol. The summed E-state index contributed by atoms with van der Waals surface area (Å²) in [5.74, 6) is -0.186. The highest BCUT2D eigenvalue weighted by Gasteiger charge is 2.37. The van der Waals surface area contributed by atoms with Gasteiger partial charge in [0.25, 0.3) is 0 Å². The molecule has 1 aromatic heterocycles. The van der Waals surface area contributed by atoms with Gasteiger partial charge in [-0.25, -0.2) is 0 Å². The van der Waals surface area contributed by atoms with E-state index < -0.39 is 0 Å². The van der Waals surface area contributed by atoms with E-state index in [1.807, 2.05) is 55.9 Å². The molecule has 3 rings (SSSR count). The maximum atomic E-state index is 12.7. The number of hydrogen-bond donors (Lipinski definition) is 0. The van der Waals surface area contributed by atoms with Crippen LogP contribution in [0.3, 0.4) is 0 Å². The largest absolute Gasteiger partial charge is 0.341 e. The van der Waals surface area contributed by atoms with Gasteiger partial charge in [0, 0.05) is 32.2 Å². The normalized spacial score (nSPS) is 17.4. The maximum Gasteiger partial charge on any atom is 0.228 e. The van der Waals surface area contributed by atoms with Crippen LogP contribution in [0.25, 0.3) is 0 Å². The van der Waals surface area contributed by atoms with Crippen LogP contribution in [0.1, 0.15) is 23.1 Å². The second-order valence-electron chi connectivity index (χ2n) is 6.45. The highest BCUT2D eigenvalue weighted by atomic mass is 32.1. The van der Waals surface area contributed by atoms with Crippen molar-refractivity contribution in [2.24, 2.45) is 5.92 Å². The topological polar surface area (TPSA) is 40.6 Å². The van der Waals surface area contributed by atoms with E-state index in [1.54, 1.807) is 21.1 Å². The first-order valence-corrected chi connectivity index (χ1v) is 9.04. The van der Waals surface area contributed by atoms with E-state index in [0.717, 1.165) is 22.4 Å². The maximum absolute atomic E-state index is 12.7. The van der Waals surface area contributed by atoms with Crippen molar-refractivity contribution in [2.45, 2.75) is 26.8 Å². The zero-order valence-corrected chi connectivity index (χ0v) is 15.1. The number of aryl methyl sites for hydroxylation is 1. The molecule has 2 heterocycles. The fraction of sp³-hybridized carbons (Fsp3) is 0.368. The van der Waals surface area contributed by atoms with Crippen molar-refractivity contribution in [2.75, 3.05) is 18.5 Å². The molecule has 4 nitrogen and oxygen atoms in total. The number of nitrogens with zero attached hydrogens (tertiary/aromatic N) is 2. The van der Waals surface area contributed by atoms with Gasteiger partial charge in [0.2, 0.25) is 11.8 Å². The van der Waals surface area contributed by atoms with Crippen LogP contribution in [0.15, 0.2) is 35.0 Å². The minimum atomic E-state index is -0.263. The zero-order valence-electron chi connectivity index (χ0n) is 14.3. The summed E-state index contributed by atoms with van der Waals surface area (Å²) in [5, 5.41) is 4.06. The monoisotopic (exact) mass is 342 g/mol. The standard InChI is InChI=1S/C19H22N2O2S/c1-13-5-4-6-17(14(13)2)21-11-16(9-18(21)22)19(23)20(3)10-15-7-8-24-12-15/h4-8,12,16H,9-11H2,1-3H3/t16-/m0/s1. The second-order valence-corrected chi connectivity index (χ2v) is 7.23. The van der Waals surface area contributed by atoms with Crippen LogP contribution in [0.2, 0.25) is 0 Å². The van der Waals surface area contributed by atoms with Crippen molar-refractivity contribution < 1.29 is 9.59 Å². The smallest absolute Gasteiger partial charge is 0.228 e. The average Bonchev–Trinajstić information content (AvgIpc) is 3.19. The molecule has 1 aliphatic heterocycles. The molecule has 1 fully saturated rings. The summed E-state index contributed by atoms with van der Waals surface area (Å²) in [6.45, 7) is 5.12. The van der Waals surface area contributed by atoms with Gasteiger partial charge in [-0.15, -0.1) is 0 Å². The number of anilines is 1. The Morgan fingerprint density at radius 3 is 2.83 bits per heavy atom. The first-order chi connectivity index (χ1) is 11.5. The van der Waals surface area contributed by atoms with E-state index in [1.165, 1.54) is 0 Å². The Bertz CT molecular complexity index is 755. The second kappa shape index (κ2) is 6.77. The van der Waals surface area contributed by atoms with Crippen LogP contribution in [-0.2, 0) is 16.1 Å². The lowest BCUT2D eigenvalue weighted by atomic mass is 10.1. The Kier molecular flexibility index (Phi) is 4.71. The minimum absolute atomic E-state index is 0.0333. The van der Waals surface area contributed by atoms with Gasteiger partial charge in [0.05, 0.1) is 5.92 Å². The van der Waals surface area contributed by atoms with Crippen molar-refractivity contribution >= 4 is 28.8 Å². The Hall–Kier alpha value is -2.14. The number of carbonyl (C=O) groups is 2. The van der Waals surface area contributed by atoms with E-state index in [-0.39, 0.29) is 17.7 Å². The summed E-state index contributed by atoms with van der Waals surface area (Å²) in [4.78, 5) is 28.6. The number of thiophene rings is 1. The minimum Gasteiger partial charge on any atom is -0.341 e. The third-order valence-corrected chi connectivity index (χ3v) is 5.45. The van der Waals surface area contributed by atoms with Gasteiger partial charge in [-0.3, -0.25) is 9.59 Å². The third kappa shape index (κ3) is 3.22. The van der Waals surface area contributed by atoms with Gasteiger partial charge in [0.1, 0.15) is 0 Å². The zero-order chi connectivity index (χ0) is 17.3. The molecule has 1 aliphatic rings. The summed E-state index contributed by atoms with van der Waals surface area (Å²) in [7, 11) is 1.81. The summed E-state index contributed by atoms with van der Waals surface area (Å²) in [6.07, 6.45) is 0.292. The van der Waals surface area contributed by atoms with Gasteiger partial charge in [0.15, 0.2) is 0 Å². The van der Waals surface area contributed by atoms with Gasteiger partial charge in [-0.05, 0) is 53.4 Å². The molecular formula is C19H22N2O2S. The highest BCUT2D eigenvalue weighted by molar-refractivity contribution is 7.07. The van der Waals surface area contributed by atoms with E-state index in [2.05, 4.69) is 0 Å². The lowest BCUT2D eigenvalue weighted by Gasteiger charge is -2.22. The molecule has 0 radical (unpaired) electrons. The molecule has 5 heteroatoms. The molecule has 0 spiro atoms. The molecule has 1 aromatic carbocycles. The first kappa shape index (κ1) is 16.7. The number of rotatable bonds is 4. The fourth-order valence-electron chi connectivity index (χ4n) is 3.18. The molecule has 2 aromatic rings. The van der Waals surface area contributed by atoms with E-state index in [0.29, 0.717) is 19.5 Å². The molecule has 0 bridgehead atoms. The highest BCUT2D eigenvalue weighted by Crippen LogP contribution is 2.30. The van der Waals surface area contributed by atoms with Crippen molar-refractivity contribution in [3.05, 3.63) is 51.7 Å². The Morgan fingerprint density at radius 2 is 2.12 bits per heavy atom. The summed E-state index contributed by atoms with van der Waals surface area (Å²) in [5.41, 5.74) is 4.32. The fourth-order valence-corrected chi connectivity index (χ4v) is 3.84. The Balaban J connectivity index is 1.72. The molecule has 0 unspecified atom stereocenters. The summed E-state index contributed by atoms with van der Waals surface area (Å²) in [6, 6.07) is 7.98. The quantitative estimate of drug-likeness (QED) is 0.855. The summed E-state index contributed by atoms with van der Waals surface area (Å²) >= 11 is 1.63. The van der Waals surface area contributed by atoms with Crippen molar-refractivity contribution in [3.8, 4) is 0 Å². The number of benzene rings is 1. The molecule has 126 valence electrons. The van der Waals surface area contributed by atoms with Crippen molar-refractivity contribution in [1.82, 2.24) is 4.90 Å². The number of hydrogen-bond acceptors (Lipinski definition) is 3. The van der Waals surface area contributed by atoms with Crippen molar-refractivity contribution in [1.29, 1.82) is 0 Å². The van der Waals surface area contributed by atoms with Crippen LogP contribution in [0, 0.1) is 19.8 Å². The van der Waals surface area contributed by atoms with Gasteiger partial charge in [-0.1, -0.05) is 12.1 Å². The Morgan fingerprint density at radius 1 is 1.33 bits per heavy atom. The van der Waals surface area contributed by atoms with Crippen LogP contribution in [0.4, 0.5) is 5.69 Å². The first-order valence-electron chi connectivity index (χ1n) is 8.10. The summed E-state index contributed by atoms with van der Waals surface area (Å²) < 4.78 is 0. The predicted octanol–water partition coefficient (Wildman–Crippen LogP) is 3.38. The van der Waals surface area contributed by atoms with E-state index in [9.17, 15) is 9.59 Å². The van der Waals surface area contributed by atoms with E-state index in [4.69, 9.17) is 0 Å². The molecular weight excluding hydrogens is 320 g/mol. The molecule has 0 aliphatic carbocycles. The molecule has 2 amide bonds. The van der Waals surface area contributed by atoms with Crippen LogP contribution in [0.5, 0.6) is 0 Å². The number of carbonyl (C=O) groups excluding carboxylic acids is 2. The molecule has 1 atom stereocenters. The lowest BCUT2D eigenvalue weighted by molar-refractivity contribution is -0.135. The molecule has 1 saturated heterocycles. The van der Waals surface area contributed by atoms with Crippen LogP contribution in [-0.4, -0.2) is 30.3 Å². The number of amides is 2. The van der Waals surface area contributed by atoms with Crippen molar-refractivity contribution in [3.63, 3.8) is 0 Å². The van der Waals surface area contributed by atoms with Gasteiger partial charge < -0.3 is 9.80 Å². The van der Waals surface area contributed by atoms with Gasteiger partial charge >= 0.3 is 0 Å². The lowest BCUT2D eigenvalue weighted by Crippen LogP contribution is -2.34. The predicted molar refractivity (Wildman–Crippen MR) is 97.2 cm³/mol. The molecule has 0 saturated carbocycles. The van der Waals surface area contributed by atoms with Crippen LogP contribution >= 0.6 is 11.3 Å². The van der Waals surface area contributed by atoms with Crippen LogP contribution < -0.4 is 4.90 Å². The molecule has 0 N–H and O–H groups in total. The molecule has 24 heavy (non-hydrogen) atoms. The third-order valence-electron chi connectivity index (χ3n) is 4.72. The van der Waals surface area contributed by atoms with Gasteiger partial charge in [-0.2, -0.15) is 11.3 Å².